The van der Waals surface area contributed by atoms with Crippen molar-refractivity contribution in [3.8, 4) is 11.5 Å². The Morgan fingerprint density at radius 2 is 1.96 bits per heavy atom. The fourth-order valence-electron chi connectivity index (χ4n) is 2.16. The largest absolute Gasteiger partial charge is 0.493 e. The van der Waals surface area contributed by atoms with E-state index in [2.05, 4.69) is 9.97 Å². The number of aryl methyl sites for hydroxylation is 1. The summed E-state index contributed by atoms with van der Waals surface area (Å²) in [6.07, 6.45) is 1.65. The highest BCUT2D eigenvalue weighted by Crippen LogP contribution is 2.28. The molecule has 0 unspecified atom stereocenters. The van der Waals surface area contributed by atoms with Crippen LogP contribution in [0.3, 0.4) is 0 Å². The minimum Gasteiger partial charge on any atom is -0.493 e. The second-order valence-corrected chi connectivity index (χ2v) is 6.04. The number of carbonyl (C=O) groups excluding carboxylic acids is 1. The molecule has 0 aliphatic heterocycles. The van der Waals surface area contributed by atoms with E-state index in [-0.39, 0.29) is 17.1 Å². The molecule has 24 heavy (non-hydrogen) atoms. The second kappa shape index (κ2) is 8.54. The zero-order valence-corrected chi connectivity index (χ0v) is 14.7. The number of H-pyrrole nitrogens is 1. The van der Waals surface area contributed by atoms with Crippen LogP contribution >= 0.6 is 11.8 Å². The van der Waals surface area contributed by atoms with Crippen LogP contribution in [0.2, 0.25) is 0 Å². The number of methoxy groups -OCH3 is 2. The van der Waals surface area contributed by atoms with Crippen molar-refractivity contribution in [3.63, 3.8) is 0 Å². The molecular formula is C17H20N2O4S. The molecule has 1 N–H and O–H groups in total. The first-order valence-electron chi connectivity index (χ1n) is 7.55. The lowest BCUT2D eigenvalue weighted by molar-refractivity contribution is 0.102. The van der Waals surface area contributed by atoms with Gasteiger partial charge in [0.15, 0.2) is 22.4 Å². The number of hydrogen-bond acceptors (Lipinski definition) is 6. The average Bonchev–Trinajstić information content (AvgIpc) is 2.58. The van der Waals surface area contributed by atoms with E-state index in [0.29, 0.717) is 22.2 Å². The van der Waals surface area contributed by atoms with Crippen LogP contribution in [0.4, 0.5) is 0 Å². The Morgan fingerprint density at radius 3 is 2.62 bits per heavy atom. The van der Waals surface area contributed by atoms with Crippen molar-refractivity contribution in [1.82, 2.24) is 9.97 Å². The Morgan fingerprint density at radius 1 is 1.21 bits per heavy atom. The van der Waals surface area contributed by atoms with Crippen LogP contribution in [0.25, 0.3) is 0 Å². The first kappa shape index (κ1) is 18.1. The summed E-state index contributed by atoms with van der Waals surface area (Å²) in [7, 11) is 3.06. The number of ketones is 1. The van der Waals surface area contributed by atoms with E-state index in [1.807, 2.05) is 6.92 Å². The minimum atomic E-state index is -0.200. The normalized spacial score (nSPS) is 10.5. The first-order chi connectivity index (χ1) is 11.6. The number of rotatable bonds is 8. The van der Waals surface area contributed by atoms with Gasteiger partial charge in [0.25, 0.3) is 5.56 Å². The van der Waals surface area contributed by atoms with Crippen molar-refractivity contribution in [3.05, 3.63) is 45.9 Å². The SMILES string of the molecule is CCCc1cc(=O)[nH]c(SCC(=O)c2ccc(OC)c(OC)c2)n1. The van der Waals surface area contributed by atoms with Crippen LogP contribution in [-0.4, -0.2) is 35.7 Å². The third-order valence-corrected chi connectivity index (χ3v) is 4.20. The third kappa shape index (κ3) is 4.61. The van der Waals surface area contributed by atoms with Gasteiger partial charge in [0.1, 0.15) is 0 Å². The van der Waals surface area contributed by atoms with E-state index in [9.17, 15) is 9.59 Å². The second-order valence-electron chi connectivity index (χ2n) is 5.07. The molecule has 0 atom stereocenters. The highest BCUT2D eigenvalue weighted by Gasteiger charge is 2.12. The number of ether oxygens (including phenoxy) is 2. The summed E-state index contributed by atoms with van der Waals surface area (Å²) in [5.74, 6) is 1.17. The standard InChI is InChI=1S/C17H20N2O4S/c1-4-5-12-9-16(21)19-17(18-12)24-10-13(20)11-6-7-14(22-2)15(8-11)23-3/h6-9H,4-5,10H2,1-3H3,(H,18,19,21). The van der Waals surface area contributed by atoms with Gasteiger partial charge in [-0.3, -0.25) is 9.59 Å². The molecule has 1 aromatic heterocycles. The zero-order chi connectivity index (χ0) is 17.5. The number of aromatic amines is 1. The fourth-order valence-corrected chi connectivity index (χ4v) is 2.95. The van der Waals surface area contributed by atoms with Crippen LogP contribution in [0.1, 0.15) is 29.4 Å². The summed E-state index contributed by atoms with van der Waals surface area (Å²) in [5.41, 5.74) is 1.06. The lowest BCUT2D eigenvalue weighted by atomic mass is 10.1. The predicted molar refractivity (Wildman–Crippen MR) is 93.5 cm³/mol. The van der Waals surface area contributed by atoms with Gasteiger partial charge < -0.3 is 14.5 Å². The quantitative estimate of drug-likeness (QED) is 0.449. The maximum Gasteiger partial charge on any atom is 0.251 e. The van der Waals surface area contributed by atoms with E-state index in [1.54, 1.807) is 25.3 Å². The monoisotopic (exact) mass is 348 g/mol. The molecule has 0 amide bonds. The van der Waals surface area contributed by atoms with Gasteiger partial charge in [-0.2, -0.15) is 0 Å². The van der Waals surface area contributed by atoms with Gasteiger partial charge in [-0.05, 0) is 24.6 Å². The fraction of sp³-hybridized carbons (Fsp3) is 0.353. The Hall–Kier alpha value is -2.28. The van der Waals surface area contributed by atoms with Crippen LogP contribution < -0.4 is 15.0 Å². The number of Topliss-reactive ketones (excluding diaryl/α,β-unsaturated/α-hetero) is 1. The lowest BCUT2D eigenvalue weighted by Gasteiger charge is -2.09. The van der Waals surface area contributed by atoms with Gasteiger partial charge in [0.2, 0.25) is 0 Å². The van der Waals surface area contributed by atoms with Crippen LogP contribution in [0, 0.1) is 0 Å². The molecule has 0 saturated carbocycles. The summed E-state index contributed by atoms with van der Waals surface area (Å²) in [5, 5.41) is 0.458. The maximum absolute atomic E-state index is 12.3. The Labute approximate surface area is 144 Å². The Balaban J connectivity index is 2.09. The number of thioether (sulfide) groups is 1. The highest BCUT2D eigenvalue weighted by atomic mass is 32.2. The van der Waals surface area contributed by atoms with Crippen molar-refractivity contribution < 1.29 is 14.3 Å². The van der Waals surface area contributed by atoms with Gasteiger partial charge in [-0.25, -0.2) is 4.98 Å². The maximum atomic E-state index is 12.3. The topological polar surface area (TPSA) is 81.3 Å². The smallest absolute Gasteiger partial charge is 0.251 e. The molecule has 7 heteroatoms. The van der Waals surface area contributed by atoms with E-state index in [0.717, 1.165) is 18.5 Å². The third-order valence-electron chi connectivity index (χ3n) is 3.32. The van der Waals surface area contributed by atoms with Crippen molar-refractivity contribution in [2.45, 2.75) is 24.9 Å². The van der Waals surface area contributed by atoms with Gasteiger partial charge in [-0.15, -0.1) is 0 Å². The Kier molecular flexibility index (Phi) is 6.43. The molecule has 0 fully saturated rings. The molecule has 0 spiro atoms. The number of nitrogens with zero attached hydrogens (tertiary/aromatic N) is 1. The number of aromatic nitrogens is 2. The molecule has 1 heterocycles. The van der Waals surface area contributed by atoms with Gasteiger partial charge >= 0.3 is 0 Å². The summed E-state index contributed by atoms with van der Waals surface area (Å²) >= 11 is 1.21. The molecule has 0 aliphatic carbocycles. The molecule has 1 aromatic carbocycles. The van der Waals surface area contributed by atoms with E-state index >= 15 is 0 Å². The number of carbonyl (C=O) groups is 1. The van der Waals surface area contributed by atoms with Crippen LogP contribution in [0.15, 0.2) is 34.2 Å². The molecule has 0 saturated heterocycles. The van der Waals surface area contributed by atoms with Gasteiger partial charge in [-0.1, -0.05) is 25.1 Å². The zero-order valence-electron chi connectivity index (χ0n) is 13.9. The molecule has 0 aliphatic rings. The average molecular weight is 348 g/mol. The summed E-state index contributed by atoms with van der Waals surface area (Å²) < 4.78 is 10.4. The lowest BCUT2D eigenvalue weighted by Crippen LogP contribution is -2.11. The summed E-state index contributed by atoms with van der Waals surface area (Å²) in [6.45, 7) is 2.02. The molecular weight excluding hydrogens is 328 g/mol. The molecule has 6 nitrogen and oxygen atoms in total. The first-order valence-corrected chi connectivity index (χ1v) is 8.54. The highest BCUT2D eigenvalue weighted by molar-refractivity contribution is 7.99. The van der Waals surface area contributed by atoms with Gasteiger partial charge in [0.05, 0.1) is 20.0 Å². The van der Waals surface area contributed by atoms with Crippen molar-refractivity contribution in [2.24, 2.45) is 0 Å². The summed E-state index contributed by atoms with van der Waals surface area (Å²) in [6, 6.07) is 6.52. The molecule has 2 rings (SSSR count). The van der Waals surface area contributed by atoms with Crippen LogP contribution in [0.5, 0.6) is 11.5 Å². The molecule has 2 aromatic rings. The van der Waals surface area contributed by atoms with Crippen molar-refractivity contribution >= 4 is 17.5 Å². The van der Waals surface area contributed by atoms with Crippen molar-refractivity contribution in [2.75, 3.05) is 20.0 Å². The number of nitrogens with one attached hydrogen (secondary N) is 1. The van der Waals surface area contributed by atoms with E-state index < -0.39 is 0 Å². The van der Waals surface area contributed by atoms with E-state index in [1.165, 1.54) is 24.9 Å². The van der Waals surface area contributed by atoms with Crippen molar-refractivity contribution in [1.29, 1.82) is 0 Å². The summed E-state index contributed by atoms with van der Waals surface area (Å²) in [4.78, 5) is 31.0. The van der Waals surface area contributed by atoms with Gasteiger partial charge in [0, 0.05) is 17.3 Å². The molecule has 0 radical (unpaired) electrons. The number of benzene rings is 1. The molecule has 0 bridgehead atoms. The minimum absolute atomic E-state index is 0.0792. The number of hydrogen-bond donors (Lipinski definition) is 1. The Bertz CT molecular complexity index is 773. The van der Waals surface area contributed by atoms with E-state index in [4.69, 9.17) is 9.47 Å². The van der Waals surface area contributed by atoms with Crippen LogP contribution in [-0.2, 0) is 6.42 Å². The molecule has 128 valence electrons. The predicted octanol–water partition coefficient (Wildman–Crippen LogP) is 2.71.